The van der Waals surface area contributed by atoms with Gasteiger partial charge in [-0.2, -0.15) is 9.98 Å². The van der Waals surface area contributed by atoms with Gasteiger partial charge in [0.05, 0.1) is 44.1 Å². The van der Waals surface area contributed by atoms with Crippen molar-refractivity contribution in [3.05, 3.63) is 270 Å². The van der Waals surface area contributed by atoms with E-state index in [1.807, 2.05) is 115 Å². The fourth-order valence-electron chi connectivity index (χ4n) is 10.7. The second kappa shape index (κ2) is 32.3. The number of phenols is 1. The zero-order valence-electron chi connectivity index (χ0n) is 51.7. The van der Waals surface area contributed by atoms with E-state index < -0.39 is 10.0 Å². The lowest BCUT2D eigenvalue weighted by Gasteiger charge is -2.29. The number of nitrogens with one attached hydrogen (secondary N) is 3. The maximum absolute atomic E-state index is 14.7. The summed E-state index contributed by atoms with van der Waals surface area (Å²) in [5, 5.41) is 18.5. The van der Waals surface area contributed by atoms with E-state index in [2.05, 4.69) is 91.2 Å². The van der Waals surface area contributed by atoms with E-state index in [1.165, 1.54) is 11.1 Å². The van der Waals surface area contributed by atoms with Gasteiger partial charge in [0.2, 0.25) is 11.7 Å². The summed E-state index contributed by atoms with van der Waals surface area (Å²) in [7, 11) is -3.93. The molecule has 0 saturated carbocycles. The summed E-state index contributed by atoms with van der Waals surface area (Å²) in [6.45, 7) is 9.04. The number of nitrogens with two attached hydrogens (primary N) is 1. The van der Waals surface area contributed by atoms with Gasteiger partial charge in [-0.05, 0) is 140 Å². The van der Waals surface area contributed by atoms with Gasteiger partial charge < -0.3 is 40.0 Å². The molecule has 95 heavy (non-hydrogen) atoms. The first-order chi connectivity index (χ1) is 45.5. The van der Waals surface area contributed by atoms with Crippen LogP contribution in [-0.4, -0.2) is 94.6 Å². The van der Waals surface area contributed by atoms with Crippen molar-refractivity contribution in [2.45, 2.75) is 50.6 Å². The minimum atomic E-state index is -3.93. The third-order valence-electron chi connectivity index (χ3n) is 15.9. The molecule has 6 N–H and O–H groups in total. The molecule has 3 aromatic heterocycles. The summed E-state index contributed by atoms with van der Waals surface area (Å²) in [5.74, 6) is 2.37. The van der Waals surface area contributed by atoms with Gasteiger partial charge in [0.25, 0.3) is 15.9 Å². The zero-order valence-corrected chi connectivity index (χ0v) is 58.8. The van der Waals surface area contributed by atoms with Gasteiger partial charge in [-0.25, -0.2) is 17.8 Å². The number of benzene rings is 8. The Kier molecular flexibility index (Phi) is 23.6. The Bertz CT molecular complexity index is 4580. The number of hydrogen-bond acceptors (Lipinski definition) is 13. The number of carbonyl (C=O) groups is 1. The number of hydrogen-bond donors (Lipinski definition) is 5. The van der Waals surface area contributed by atoms with E-state index >= 15 is 0 Å². The number of fused-ring (bicyclic) bond motifs is 2. The van der Waals surface area contributed by atoms with Crippen molar-refractivity contribution < 1.29 is 36.7 Å². The number of aromatic nitrogens is 4. The minimum Gasteiger partial charge on any atom is -0.506 e. The molecule has 23 heteroatoms. The molecule has 1 atom stereocenters. The maximum Gasteiger partial charge on any atom is 0.263 e. The highest BCUT2D eigenvalue weighted by atomic mass is 127. The number of morpholine rings is 1. The molecule has 0 bridgehead atoms. The number of ether oxygens (including phenoxy) is 2. The summed E-state index contributed by atoms with van der Waals surface area (Å²) in [6.07, 6.45) is 1.50. The molecule has 0 radical (unpaired) electrons. The van der Waals surface area contributed by atoms with Crippen LogP contribution < -0.4 is 20.5 Å². The normalized spacial score (nSPS) is 13.5. The lowest BCUT2D eigenvalue weighted by atomic mass is 9.95. The SMILES string of the molecule is C[C@H](c1ccc(-c2ccccc2)c(F)c1)c1cc(N=C(N)N2CCOCC2)on1.Cc1c(Cl)cccc1S(=O)(=O)Nc1nc(NCCc2ccccc2)nc2c1CN(Cc1ccccc1)CC2.I.O=C(c1ccc(Oc2ccccc2)cc1)c1cc2c(Br)c(O)c(Br)cc2[nH]1. The topological polar surface area (TPSA) is 226 Å². The molecule has 0 aliphatic carbocycles. The third-order valence-corrected chi connectivity index (χ3v) is 19.2. The fraction of sp³-hybridized carbons (Fsp3) is 0.181. The number of rotatable bonds is 17. The number of anilines is 2. The predicted octanol–water partition coefficient (Wildman–Crippen LogP) is 16.4. The van der Waals surface area contributed by atoms with Gasteiger partial charge in [0.15, 0.2) is 5.96 Å². The Morgan fingerprint density at radius 1 is 0.821 bits per heavy atom. The van der Waals surface area contributed by atoms with Crippen molar-refractivity contribution in [1.29, 1.82) is 0 Å². The molecule has 5 heterocycles. The maximum atomic E-state index is 14.7. The van der Waals surface area contributed by atoms with Crippen molar-refractivity contribution in [1.82, 2.24) is 29.9 Å². The summed E-state index contributed by atoms with van der Waals surface area (Å²) < 4.78 is 61.9. The summed E-state index contributed by atoms with van der Waals surface area (Å²) in [5.41, 5.74) is 15.2. The second-order valence-electron chi connectivity index (χ2n) is 22.3. The van der Waals surface area contributed by atoms with Crippen molar-refractivity contribution >= 4 is 118 Å². The number of ketones is 1. The highest BCUT2D eigenvalue weighted by Gasteiger charge is 2.28. The number of aliphatic imine (C=N–C) groups is 1. The highest BCUT2D eigenvalue weighted by Crippen LogP contribution is 2.40. The van der Waals surface area contributed by atoms with E-state index in [4.69, 9.17) is 36.3 Å². The molecule has 8 aromatic carbocycles. The van der Waals surface area contributed by atoms with Crippen LogP contribution in [0.2, 0.25) is 5.02 Å². The van der Waals surface area contributed by atoms with Crippen LogP contribution in [-0.2, 0) is 40.7 Å². The van der Waals surface area contributed by atoms with Crippen LogP contribution in [0.4, 0.5) is 22.0 Å². The van der Waals surface area contributed by atoms with Crippen LogP contribution in [0.3, 0.4) is 0 Å². The van der Waals surface area contributed by atoms with Crippen molar-refractivity contribution in [2.24, 2.45) is 10.7 Å². The molecule has 2 aliphatic heterocycles. The number of aromatic amines is 1. The Balaban J connectivity index is 0.000000157. The summed E-state index contributed by atoms with van der Waals surface area (Å²) in [6, 6.07) is 61.7. The number of aromatic hydroxyl groups is 1. The Hall–Kier alpha value is -8.49. The van der Waals surface area contributed by atoms with Gasteiger partial charge >= 0.3 is 0 Å². The smallest absolute Gasteiger partial charge is 0.263 e. The Labute approximate surface area is 589 Å². The van der Waals surface area contributed by atoms with Crippen LogP contribution in [0.5, 0.6) is 17.2 Å². The molecule has 0 amide bonds. The van der Waals surface area contributed by atoms with Gasteiger partial charge in [-0.3, -0.25) is 14.4 Å². The first kappa shape index (κ1) is 69.3. The van der Waals surface area contributed by atoms with Crippen molar-refractivity contribution in [2.75, 3.05) is 49.4 Å². The summed E-state index contributed by atoms with van der Waals surface area (Å²) >= 11 is 12.9. The molecule has 488 valence electrons. The van der Waals surface area contributed by atoms with Gasteiger partial charge in [0, 0.05) is 90.3 Å². The summed E-state index contributed by atoms with van der Waals surface area (Å²) in [4.78, 5) is 34.0. The Morgan fingerprint density at radius 2 is 1.48 bits per heavy atom. The lowest BCUT2D eigenvalue weighted by molar-refractivity contribution is 0.0675. The molecule has 17 nitrogen and oxygen atoms in total. The fourth-order valence-corrected chi connectivity index (χ4v) is 13.5. The second-order valence-corrected chi connectivity index (χ2v) is 26.0. The molecular formula is C72H67Br2ClFIN10O7S. The molecule has 0 spiro atoms. The van der Waals surface area contributed by atoms with Crippen molar-refractivity contribution in [3.8, 4) is 28.4 Å². The third kappa shape index (κ3) is 17.7. The van der Waals surface area contributed by atoms with Crippen LogP contribution in [0, 0.1) is 12.7 Å². The number of guanidine groups is 1. The van der Waals surface area contributed by atoms with Gasteiger partial charge in [0.1, 0.15) is 28.9 Å². The molecule has 2 aliphatic rings. The number of para-hydroxylation sites is 1. The number of nitrogens with zero attached hydrogens (tertiary/aromatic N) is 6. The minimum absolute atomic E-state index is 0. The lowest BCUT2D eigenvalue weighted by Crippen LogP contribution is -2.44. The number of phenolic OH excluding ortho intramolecular Hbond substituents is 1. The standard InChI is InChI=1S/C29H30ClN5O2S.C22H23FN4O2.C21H13Br2NO3.HI/c1-21-25(30)13-8-14-27(21)38(36,37)34-28-24-20-35(19-23-11-6-3-7-12-23)18-16-26(24)32-29(33-28)31-17-15-22-9-4-2-5-10-22;1-15(17-7-8-18(19(23)13-17)16-5-3-2-4-6-16)20-14-21(29-26-20)25-22(24)27-9-11-28-12-10-27;22-16-11-17-15(19(23)21(16)26)10-18(24-17)20(25)12-6-8-14(9-7-12)27-13-4-2-1-3-5-13;/h2-14H,15-20H2,1H3,(H2,31,32,33,34);2-8,13-15H,9-12H2,1H3,(H2,24,25);1-11,24,26H;1H/t;15-;;/m.1../s1. The van der Waals surface area contributed by atoms with Crippen molar-refractivity contribution in [3.63, 3.8) is 0 Å². The zero-order chi connectivity index (χ0) is 65.7. The van der Waals surface area contributed by atoms with E-state index in [1.54, 1.807) is 79.7 Å². The molecular weight excluding hydrogens is 1490 g/mol. The number of sulfonamides is 1. The Morgan fingerprint density at radius 3 is 2.18 bits per heavy atom. The van der Waals surface area contributed by atoms with Crippen LogP contribution >= 0.6 is 67.4 Å². The monoisotopic (exact) mass is 1550 g/mol. The predicted molar refractivity (Wildman–Crippen MR) is 389 cm³/mol. The number of H-pyrrole nitrogens is 1. The van der Waals surface area contributed by atoms with Crippen LogP contribution in [0.1, 0.15) is 68.1 Å². The number of carbonyl (C=O) groups excluding carboxylic acids is 1. The van der Waals surface area contributed by atoms with E-state index in [9.17, 15) is 22.7 Å². The largest absolute Gasteiger partial charge is 0.506 e. The quantitative estimate of drug-likeness (QED) is 0.0247. The molecule has 13 rings (SSSR count). The van der Waals surface area contributed by atoms with Crippen LogP contribution in [0.25, 0.3) is 22.0 Å². The van der Waals surface area contributed by atoms with E-state index in [0.717, 1.165) is 58.5 Å². The first-order valence-corrected chi connectivity index (χ1v) is 33.8. The molecule has 1 saturated heterocycles. The molecule has 1 fully saturated rings. The number of halogens is 5. The van der Waals surface area contributed by atoms with Crippen LogP contribution in [0.15, 0.2) is 224 Å². The average molecular weight is 1560 g/mol. The van der Waals surface area contributed by atoms with E-state index in [0.29, 0.717) is 117 Å². The molecule has 0 unspecified atom stereocenters. The van der Waals surface area contributed by atoms with E-state index in [-0.39, 0.29) is 52.1 Å². The van der Waals surface area contributed by atoms with Gasteiger partial charge in [-0.15, -0.1) is 24.0 Å². The van der Waals surface area contributed by atoms with Gasteiger partial charge in [-0.1, -0.05) is 151 Å². The highest BCUT2D eigenvalue weighted by molar-refractivity contribution is 14.0. The molecule has 11 aromatic rings. The average Bonchev–Trinajstić information content (AvgIpc) is 1.48. The first-order valence-electron chi connectivity index (χ1n) is 30.3.